The van der Waals surface area contributed by atoms with Crippen LogP contribution in [0, 0.1) is 0 Å². The summed E-state index contributed by atoms with van der Waals surface area (Å²) >= 11 is 4.75. The maximum Gasteiger partial charge on any atom is 0.338 e. The van der Waals surface area contributed by atoms with E-state index in [1.807, 2.05) is 84.9 Å². The number of esters is 1. The Morgan fingerprint density at radius 1 is 1.05 bits per heavy atom. The highest BCUT2D eigenvalue weighted by molar-refractivity contribution is 9.10. The third kappa shape index (κ3) is 4.95. The number of hydrogen-bond donors (Lipinski definition) is 0. The number of halogens is 1. The molecular weight excluding hydrogens is 552 g/mol. The average molecular weight is 575 g/mol. The van der Waals surface area contributed by atoms with Crippen LogP contribution in [-0.2, 0) is 9.53 Å². The lowest BCUT2D eigenvalue weighted by Gasteiger charge is -2.26. The van der Waals surface area contributed by atoms with Crippen molar-refractivity contribution in [2.24, 2.45) is 4.99 Å². The number of methoxy groups -OCH3 is 1. The van der Waals surface area contributed by atoms with E-state index in [4.69, 9.17) is 14.5 Å². The summed E-state index contributed by atoms with van der Waals surface area (Å²) in [4.78, 5) is 32.7. The van der Waals surface area contributed by atoms with Gasteiger partial charge in [0.05, 0.1) is 35.6 Å². The third-order valence-electron chi connectivity index (χ3n) is 5.97. The van der Waals surface area contributed by atoms with Crippen molar-refractivity contribution < 1.29 is 14.3 Å². The van der Waals surface area contributed by atoms with Crippen LogP contribution < -0.4 is 19.6 Å². The summed E-state index contributed by atoms with van der Waals surface area (Å²) in [5, 5.41) is 0. The molecule has 37 heavy (non-hydrogen) atoms. The van der Waals surface area contributed by atoms with E-state index in [-0.39, 0.29) is 12.2 Å². The molecule has 6 nitrogen and oxygen atoms in total. The molecule has 0 saturated heterocycles. The summed E-state index contributed by atoms with van der Waals surface area (Å²) in [5.74, 6) is 0.171. The highest BCUT2D eigenvalue weighted by Crippen LogP contribution is 2.35. The van der Waals surface area contributed by atoms with Gasteiger partial charge in [0.15, 0.2) is 4.80 Å². The van der Waals surface area contributed by atoms with Gasteiger partial charge in [-0.05, 0) is 48.4 Å². The second-order valence-electron chi connectivity index (χ2n) is 8.26. The SMILES string of the molecule is CCOC(=O)C1=C(c2ccccc2)N=c2s/c(=C\c3ccc(Br)cc3)c(=O)n2C1c1ccc(OC)cc1. The van der Waals surface area contributed by atoms with Crippen molar-refractivity contribution in [1.82, 2.24) is 4.57 Å². The van der Waals surface area contributed by atoms with Gasteiger partial charge in [0, 0.05) is 10.0 Å². The number of thiazole rings is 1. The van der Waals surface area contributed by atoms with Crippen LogP contribution in [0.4, 0.5) is 0 Å². The van der Waals surface area contributed by atoms with E-state index in [0.717, 1.165) is 21.2 Å². The van der Waals surface area contributed by atoms with E-state index in [9.17, 15) is 9.59 Å². The van der Waals surface area contributed by atoms with Gasteiger partial charge >= 0.3 is 5.97 Å². The summed E-state index contributed by atoms with van der Waals surface area (Å²) in [6.07, 6.45) is 1.84. The van der Waals surface area contributed by atoms with Crippen LogP contribution >= 0.6 is 27.3 Å². The molecule has 0 bridgehead atoms. The molecule has 0 fully saturated rings. The first-order chi connectivity index (χ1) is 18.0. The quantitative estimate of drug-likeness (QED) is 0.313. The molecule has 0 spiro atoms. The van der Waals surface area contributed by atoms with E-state index in [1.54, 1.807) is 18.6 Å². The minimum Gasteiger partial charge on any atom is -0.497 e. The predicted molar refractivity (Wildman–Crippen MR) is 148 cm³/mol. The largest absolute Gasteiger partial charge is 0.497 e. The smallest absolute Gasteiger partial charge is 0.338 e. The number of benzene rings is 3. The molecule has 1 atom stereocenters. The Labute approximate surface area is 226 Å². The molecule has 0 amide bonds. The van der Waals surface area contributed by atoms with Gasteiger partial charge in [-0.25, -0.2) is 9.79 Å². The summed E-state index contributed by atoms with van der Waals surface area (Å²) < 4.78 is 13.9. The molecule has 1 aliphatic rings. The van der Waals surface area contributed by atoms with Gasteiger partial charge in [-0.3, -0.25) is 9.36 Å². The fourth-order valence-electron chi connectivity index (χ4n) is 4.25. The number of nitrogens with zero attached hydrogens (tertiary/aromatic N) is 2. The second kappa shape index (κ2) is 10.7. The fourth-order valence-corrected chi connectivity index (χ4v) is 5.52. The summed E-state index contributed by atoms with van der Waals surface area (Å²) in [6, 6.07) is 23.9. The number of carbonyl (C=O) groups excluding carboxylic acids is 1. The molecule has 0 radical (unpaired) electrons. The molecule has 0 saturated carbocycles. The standard InChI is InChI=1S/C29H23BrN2O4S/c1-3-36-28(34)24-25(19-7-5-4-6-8-19)31-29-32(26(24)20-11-15-22(35-2)16-12-20)27(33)23(37-29)17-18-9-13-21(30)14-10-18/h4-17,26H,3H2,1-2H3/b23-17-. The van der Waals surface area contributed by atoms with Crippen LogP contribution in [-0.4, -0.2) is 24.3 Å². The number of ether oxygens (including phenoxy) is 2. The van der Waals surface area contributed by atoms with Crippen LogP contribution in [0.1, 0.15) is 29.7 Å². The van der Waals surface area contributed by atoms with Crippen molar-refractivity contribution in [3.63, 3.8) is 0 Å². The molecule has 0 aliphatic carbocycles. The first-order valence-electron chi connectivity index (χ1n) is 11.7. The van der Waals surface area contributed by atoms with Gasteiger partial charge in [-0.2, -0.15) is 0 Å². The van der Waals surface area contributed by atoms with Crippen molar-refractivity contribution in [3.8, 4) is 5.75 Å². The van der Waals surface area contributed by atoms with Gasteiger partial charge < -0.3 is 9.47 Å². The Hall–Kier alpha value is -3.75. The van der Waals surface area contributed by atoms with E-state index in [0.29, 0.717) is 26.4 Å². The van der Waals surface area contributed by atoms with Gasteiger partial charge in [-0.1, -0.05) is 81.9 Å². The predicted octanol–water partition coefficient (Wildman–Crippen LogP) is 4.71. The number of hydrogen-bond acceptors (Lipinski definition) is 6. The second-order valence-corrected chi connectivity index (χ2v) is 10.2. The molecule has 4 aromatic rings. The molecule has 1 aliphatic heterocycles. The zero-order chi connectivity index (χ0) is 25.9. The minimum absolute atomic E-state index is 0.202. The Kier molecular flexibility index (Phi) is 7.21. The van der Waals surface area contributed by atoms with Crippen molar-refractivity contribution >= 4 is 45.0 Å². The molecule has 5 rings (SSSR count). The molecule has 2 heterocycles. The number of carbonyl (C=O) groups is 1. The van der Waals surface area contributed by atoms with Crippen LogP contribution in [0.3, 0.4) is 0 Å². The summed E-state index contributed by atoms with van der Waals surface area (Å²) in [7, 11) is 1.59. The number of rotatable bonds is 6. The van der Waals surface area contributed by atoms with Crippen molar-refractivity contribution in [3.05, 3.63) is 125 Å². The van der Waals surface area contributed by atoms with Crippen LogP contribution in [0.5, 0.6) is 5.75 Å². The highest BCUT2D eigenvalue weighted by Gasteiger charge is 2.35. The fraction of sp³-hybridized carbons (Fsp3) is 0.138. The average Bonchev–Trinajstić information content (AvgIpc) is 3.24. The molecule has 186 valence electrons. The van der Waals surface area contributed by atoms with Crippen LogP contribution in [0.2, 0.25) is 0 Å². The Bertz CT molecular complexity index is 1650. The lowest BCUT2D eigenvalue weighted by atomic mass is 9.93. The van der Waals surface area contributed by atoms with Crippen molar-refractivity contribution in [2.75, 3.05) is 13.7 Å². The van der Waals surface area contributed by atoms with Gasteiger partial charge in [0.25, 0.3) is 5.56 Å². The van der Waals surface area contributed by atoms with Crippen LogP contribution in [0.15, 0.2) is 98.7 Å². The van der Waals surface area contributed by atoms with E-state index in [2.05, 4.69) is 15.9 Å². The number of fused-ring (bicyclic) bond motifs is 1. The lowest BCUT2D eigenvalue weighted by Crippen LogP contribution is -2.40. The van der Waals surface area contributed by atoms with Crippen molar-refractivity contribution in [2.45, 2.75) is 13.0 Å². The first kappa shape index (κ1) is 24.9. The zero-order valence-corrected chi connectivity index (χ0v) is 22.6. The molecule has 1 aromatic heterocycles. The molecule has 1 unspecified atom stereocenters. The van der Waals surface area contributed by atoms with E-state index in [1.165, 1.54) is 11.3 Å². The van der Waals surface area contributed by atoms with Gasteiger partial charge in [0.2, 0.25) is 0 Å². The lowest BCUT2D eigenvalue weighted by molar-refractivity contribution is -0.138. The normalized spacial score (nSPS) is 15.2. The first-order valence-corrected chi connectivity index (χ1v) is 13.3. The van der Waals surface area contributed by atoms with Crippen molar-refractivity contribution in [1.29, 1.82) is 0 Å². The highest BCUT2D eigenvalue weighted by atomic mass is 79.9. The zero-order valence-electron chi connectivity index (χ0n) is 20.2. The Balaban J connectivity index is 1.81. The third-order valence-corrected chi connectivity index (χ3v) is 7.48. The Morgan fingerprint density at radius 2 is 1.76 bits per heavy atom. The van der Waals surface area contributed by atoms with E-state index >= 15 is 0 Å². The molecule has 3 aromatic carbocycles. The minimum atomic E-state index is -0.719. The Morgan fingerprint density at radius 3 is 2.41 bits per heavy atom. The molecule has 8 heteroatoms. The monoisotopic (exact) mass is 574 g/mol. The number of aromatic nitrogens is 1. The summed E-state index contributed by atoms with van der Waals surface area (Å²) in [5.41, 5.74) is 3.01. The maximum absolute atomic E-state index is 13.8. The van der Waals surface area contributed by atoms with E-state index < -0.39 is 12.0 Å². The molecular formula is C29H23BrN2O4S. The topological polar surface area (TPSA) is 69.9 Å². The van der Waals surface area contributed by atoms with Crippen LogP contribution in [0.25, 0.3) is 11.8 Å². The maximum atomic E-state index is 13.8. The summed E-state index contributed by atoms with van der Waals surface area (Å²) in [6.45, 7) is 1.96. The van der Waals surface area contributed by atoms with Gasteiger partial charge in [-0.15, -0.1) is 0 Å². The van der Waals surface area contributed by atoms with Gasteiger partial charge in [0.1, 0.15) is 5.75 Å². The molecule has 0 N–H and O–H groups in total.